The first-order valence-corrected chi connectivity index (χ1v) is 7.77. The first kappa shape index (κ1) is 17.7. The molecule has 3 rings (SSSR count). The topological polar surface area (TPSA) is 71.1 Å². The van der Waals surface area contributed by atoms with E-state index in [4.69, 9.17) is 18.9 Å². The number of fused-ring (bicyclic) bond motifs is 2. The van der Waals surface area contributed by atoms with E-state index in [9.17, 15) is 18.4 Å². The van der Waals surface area contributed by atoms with Crippen LogP contribution in [0.2, 0.25) is 0 Å². The molecule has 0 bridgehead atoms. The third kappa shape index (κ3) is 4.47. The largest absolute Gasteiger partial charge is 0.489 e. The van der Waals surface area contributed by atoms with Crippen LogP contribution in [0.3, 0.4) is 0 Å². The highest BCUT2D eigenvalue weighted by Gasteiger charge is 2.17. The molecule has 6 nitrogen and oxygen atoms in total. The Hall–Kier alpha value is -3.16. The van der Waals surface area contributed by atoms with Gasteiger partial charge in [0.25, 0.3) is 0 Å². The molecule has 136 valence electrons. The van der Waals surface area contributed by atoms with E-state index in [0.717, 1.165) is 24.3 Å². The van der Waals surface area contributed by atoms with E-state index >= 15 is 0 Å². The number of hydrogen-bond donors (Lipinski definition) is 0. The van der Waals surface area contributed by atoms with E-state index in [0.29, 0.717) is 0 Å². The Morgan fingerprint density at radius 1 is 0.654 bits per heavy atom. The summed E-state index contributed by atoms with van der Waals surface area (Å²) in [7, 11) is 0. The number of ether oxygens (including phenoxy) is 4. The zero-order chi connectivity index (χ0) is 18.5. The maximum atomic E-state index is 13.4. The molecule has 26 heavy (non-hydrogen) atoms. The molecule has 0 amide bonds. The van der Waals surface area contributed by atoms with Gasteiger partial charge in [-0.1, -0.05) is 0 Å². The molecule has 0 unspecified atom stereocenters. The fraction of sp³-hybridized carbons (Fsp3) is 0.222. The molecule has 2 aromatic carbocycles. The monoisotopic (exact) mass is 364 g/mol. The van der Waals surface area contributed by atoms with Crippen molar-refractivity contribution in [1.29, 1.82) is 0 Å². The molecule has 0 radical (unpaired) electrons. The van der Waals surface area contributed by atoms with Crippen LogP contribution in [-0.2, 0) is 9.59 Å². The number of hydrogen-bond acceptors (Lipinski definition) is 6. The molecule has 1 aliphatic rings. The quantitative estimate of drug-likeness (QED) is 0.529. The zero-order valence-electron chi connectivity index (χ0n) is 13.5. The fourth-order valence-corrected chi connectivity index (χ4v) is 2.20. The Kier molecular flexibility index (Phi) is 5.31. The molecule has 0 aliphatic carbocycles. The normalized spacial score (nSPS) is 15.3. The average molecular weight is 364 g/mol. The van der Waals surface area contributed by atoms with Crippen LogP contribution in [0.5, 0.6) is 23.0 Å². The summed E-state index contributed by atoms with van der Waals surface area (Å²) in [6, 6.07) is 6.87. The van der Waals surface area contributed by atoms with Gasteiger partial charge in [-0.2, -0.15) is 0 Å². The Morgan fingerprint density at radius 3 is 1.50 bits per heavy atom. The molecule has 0 saturated carbocycles. The van der Waals surface area contributed by atoms with Crippen molar-refractivity contribution >= 4 is 11.9 Å². The van der Waals surface area contributed by atoms with Crippen molar-refractivity contribution in [3.63, 3.8) is 0 Å². The van der Waals surface area contributed by atoms with Crippen molar-refractivity contribution in [3.05, 3.63) is 48.0 Å². The van der Waals surface area contributed by atoms with Gasteiger partial charge in [0.2, 0.25) is 0 Å². The maximum absolute atomic E-state index is 13.4. The minimum atomic E-state index is -0.668. The molecular weight excluding hydrogens is 350 g/mol. The molecular formula is C18H14F2O6. The van der Waals surface area contributed by atoms with Gasteiger partial charge in [-0.05, 0) is 24.3 Å². The minimum absolute atomic E-state index is 0.0945. The number of carbonyl (C=O) groups is 2. The highest BCUT2D eigenvalue weighted by Crippen LogP contribution is 2.30. The van der Waals surface area contributed by atoms with E-state index < -0.39 is 23.6 Å². The summed E-state index contributed by atoms with van der Waals surface area (Å²) < 4.78 is 47.7. The van der Waals surface area contributed by atoms with Gasteiger partial charge < -0.3 is 18.9 Å². The predicted molar refractivity (Wildman–Crippen MR) is 84.3 cm³/mol. The van der Waals surface area contributed by atoms with Gasteiger partial charge in [0.15, 0.2) is 23.0 Å². The van der Waals surface area contributed by atoms with Crippen LogP contribution in [0.1, 0.15) is 12.8 Å². The lowest BCUT2D eigenvalue weighted by molar-refractivity contribution is -0.136. The lowest BCUT2D eigenvalue weighted by atomic mass is 10.3. The molecule has 0 N–H and O–H groups in total. The number of carbonyl (C=O) groups excluding carboxylic acids is 2. The Labute approximate surface area is 147 Å². The fourth-order valence-electron chi connectivity index (χ4n) is 2.20. The van der Waals surface area contributed by atoms with Gasteiger partial charge in [-0.25, -0.2) is 8.78 Å². The average Bonchev–Trinajstić information content (AvgIpc) is 2.58. The van der Waals surface area contributed by atoms with Gasteiger partial charge >= 0.3 is 11.9 Å². The van der Waals surface area contributed by atoms with E-state index in [2.05, 4.69) is 0 Å². The van der Waals surface area contributed by atoms with Crippen LogP contribution < -0.4 is 18.9 Å². The van der Waals surface area contributed by atoms with Gasteiger partial charge in [0.1, 0.15) is 11.6 Å². The summed E-state index contributed by atoms with van der Waals surface area (Å²) in [6.45, 7) is -0.221. The molecule has 8 heteroatoms. The Balaban J connectivity index is 1.82. The van der Waals surface area contributed by atoms with E-state index in [1.807, 2.05) is 0 Å². The highest BCUT2D eigenvalue weighted by molar-refractivity contribution is 5.74. The van der Waals surface area contributed by atoms with Crippen molar-refractivity contribution < 1.29 is 37.3 Å². The van der Waals surface area contributed by atoms with Gasteiger partial charge in [0, 0.05) is 12.1 Å². The molecule has 1 heterocycles. The summed E-state index contributed by atoms with van der Waals surface area (Å²) in [5, 5.41) is 0. The molecule has 0 spiro atoms. The van der Waals surface area contributed by atoms with E-state index in [-0.39, 0.29) is 49.1 Å². The summed E-state index contributed by atoms with van der Waals surface area (Å²) >= 11 is 0. The Morgan fingerprint density at radius 2 is 1.08 bits per heavy atom. The standard InChI is InChI=1S/C18H14F2O6/c19-11-1-3-13-15(9-11)25-17(21)6-8-24-14-4-2-12(20)10-16(14)26-18(22)5-7-23-13/h1-4,9-10H,5-8H2. The summed E-state index contributed by atoms with van der Waals surface area (Å²) in [5.74, 6) is -2.52. The lowest BCUT2D eigenvalue weighted by Crippen LogP contribution is -2.17. The number of rotatable bonds is 0. The van der Waals surface area contributed by atoms with Crippen molar-refractivity contribution in [2.24, 2.45) is 0 Å². The van der Waals surface area contributed by atoms with Crippen LogP contribution in [0, 0.1) is 11.6 Å². The second-order valence-electron chi connectivity index (χ2n) is 5.33. The van der Waals surface area contributed by atoms with Crippen molar-refractivity contribution in [2.75, 3.05) is 13.2 Å². The SMILES string of the molecule is O=C1CCOc2ccc(F)cc2OC(=O)CCOc2ccc(F)cc2O1. The third-order valence-electron chi connectivity index (χ3n) is 3.39. The molecule has 0 atom stereocenters. The van der Waals surface area contributed by atoms with Crippen molar-refractivity contribution in [2.45, 2.75) is 12.8 Å². The van der Waals surface area contributed by atoms with E-state index in [1.165, 1.54) is 12.1 Å². The predicted octanol–water partition coefficient (Wildman–Crippen LogP) is 3.03. The van der Waals surface area contributed by atoms with E-state index in [1.54, 1.807) is 0 Å². The minimum Gasteiger partial charge on any atom is -0.489 e. The number of esters is 2. The molecule has 2 aromatic rings. The van der Waals surface area contributed by atoms with Crippen molar-refractivity contribution in [3.8, 4) is 23.0 Å². The molecule has 0 aromatic heterocycles. The van der Waals surface area contributed by atoms with Crippen LogP contribution in [-0.4, -0.2) is 25.2 Å². The third-order valence-corrected chi connectivity index (χ3v) is 3.39. The van der Waals surface area contributed by atoms with Crippen LogP contribution in [0.15, 0.2) is 36.4 Å². The maximum Gasteiger partial charge on any atom is 0.314 e. The summed E-state index contributed by atoms with van der Waals surface area (Å²) in [6.07, 6.45) is -0.332. The zero-order valence-corrected chi connectivity index (χ0v) is 13.5. The highest BCUT2D eigenvalue weighted by atomic mass is 19.1. The van der Waals surface area contributed by atoms with Crippen LogP contribution >= 0.6 is 0 Å². The lowest BCUT2D eigenvalue weighted by Gasteiger charge is -2.15. The van der Waals surface area contributed by atoms with Gasteiger partial charge in [-0.15, -0.1) is 0 Å². The first-order chi connectivity index (χ1) is 12.5. The van der Waals surface area contributed by atoms with Crippen LogP contribution in [0.25, 0.3) is 0 Å². The summed E-state index contributed by atoms with van der Waals surface area (Å²) in [4.78, 5) is 23.8. The number of halogens is 2. The first-order valence-electron chi connectivity index (χ1n) is 7.77. The van der Waals surface area contributed by atoms with Gasteiger partial charge in [0.05, 0.1) is 26.1 Å². The molecule has 0 saturated heterocycles. The number of benzene rings is 2. The second kappa shape index (κ2) is 7.81. The van der Waals surface area contributed by atoms with Crippen LogP contribution in [0.4, 0.5) is 8.78 Å². The van der Waals surface area contributed by atoms with Gasteiger partial charge in [-0.3, -0.25) is 9.59 Å². The Bertz CT molecular complexity index is 767. The molecule has 1 aliphatic heterocycles. The molecule has 0 fully saturated rings. The second-order valence-corrected chi connectivity index (χ2v) is 5.33. The van der Waals surface area contributed by atoms with Crippen molar-refractivity contribution in [1.82, 2.24) is 0 Å². The smallest absolute Gasteiger partial charge is 0.314 e. The summed E-state index contributed by atoms with van der Waals surface area (Å²) in [5.41, 5.74) is 0.